The van der Waals surface area contributed by atoms with Gasteiger partial charge in [0, 0.05) is 6.54 Å². The summed E-state index contributed by atoms with van der Waals surface area (Å²) >= 11 is 0. The predicted octanol–water partition coefficient (Wildman–Crippen LogP) is 0.149. The van der Waals surface area contributed by atoms with E-state index in [1.54, 1.807) is 6.92 Å². The molecule has 0 spiro atoms. The second kappa shape index (κ2) is 5.30. The van der Waals surface area contributed by atoms with Crippen molar-refractivity contribution in [3.05, 3.63) is 11.4 Å². The molecule has 1 fully saturated rings. The fourth-order valence-corrected chi connectivity index (χ4v) is 3.03. The Balaban J connectivity index is 2.18. The van der Waals surface area contributed by atoms with Crippen LogP contribution in [0.15, 0.2) is 4.90 Å². The van der Waals surface area contributed by atoms with E-state index in [-0.39, 0.29) is 10.6 Å². The van der Waals surface area contributed by atoms with Gasteiger partial charge in [-0.2, -0.15) is 5.10 Å². The quantitative estimate of drug-likeness (QED) is 0.714. The van der Waals surface area contributed by atoms with Crippen molar-refractivity contribution >= 4 is 15.9 Å². The zero-order valence-electron chi connectivity index (χ0n) is 10.8. The molecule has 0 bridgehead atoms. The topological polar surface area (TPSA) is 118 Å². The Hall–Kier alpha value is -1.41. The van der Waals surface area contributed by atoms with Crippen LogP contribution in [0.3, 0.4) is 0 Å². The lowest BCUT2D eigenvalue weighted by molar-refractivity contribution is 0.0930. The van der Waals surface area contributed by atoms with Gasteiger partial charge in [0.15, 0.2) is 5.69 Å². The van der Waals surface area contributed by atoms with E-state index in [0.717, 1.165) is 12.8 Å². The van der Waals surface area contributed by atoms with Crippen LogP contribution in [-0.2, 0) is 16.4 Å². The van der Waals surface area contributed by atoms with E-state index in [0.29, 0.717) is 24.6 Å². The molecular weight excluding hydrogens is 268 g/mol. The maximum Gasteiger partial charge on any atom is 0.273 e. The number of aromatic amines is 1. The number of hydrogen-bond donors (Lipinski definition) is 3. The number of carbonyl (C=O) groups is 1. The summed E-state index contributed by atoms with van der Waals surface area (Å²) in [6, 6.07) is 0. The minimum absolute atomic E-state index is 0.140. The van der Waals surface area contributed by atoms with Gasteiger partial charge in [0.1, 0.15) is 4.90 Å². The summed E-state index contributed by atoms with van der Waals surface area (Å²) in [4.78, 5) is 11.8. The smallest absolute Gasteiger partial charge is 0.273 e. The molecule has 1 aromatic heterocycles. The van der Waals surface area contributed by atoms with E-state index < -0.39 is 15.9 Å². The van der Waals surface area contributed by atoms with E-state index in [1.165, 1.54) is 6.42 Å². The summed E-state index contributed by atoms with van der Waals surface area (Å²) < 4.78 is 23.1. The highest BCUT2D eigenvalue weighted by Gasteiger charge is 2.27. The fourth-order valence-electron chi connectivity index (χ4n) is 2.09. The Morgan fingerprint density at radius 3 is 2.68 bits per heavy atom. The Morgan fingerprint density at radius 2 is 2.21 bits per heavy atom. The molecule has 0 unspecified atom stereocenters. The number of nitrogens with two attached hydrogens (primary N) is 1. The van der Waals surface area contributed by atoms with Crippen molar-refractivity contribution in [3.8, 4) is 0 Å². The summed E-state index contributed by atoms with van der Waals surface area (Å²) in [7, 11) is -3.96. The molecule has 1 aliphatic carbocycles. The second-order valence-electron chi connectivity index (χ2n) is 4.79. The molecular formula is C11H18N4O3S. The van der Waals surface area contributed by atoms with Gasteiger partial charge in [0.25, 0.3) is 5.91 Å². The lowest BCUT2D eigenvalue weighted by Gasteiger charge is -2.25. The molecule has 0 aromatic carbocycles. The van der Waals surface area contributed by atoms with Crippen LogP contribution in [0.1, 0.15) is 42.4 Å². The summed E-state index contributed by atoms with van der Waals surface area (Å²) in [6.07, 6.45) is 3.80. The van der Waals surface area contributed by atoms with Gasteiger partial charge < -0.3 is 5.32 Å². The number of H-pyrrole nitrogens is 1. The molecule has 0 aliphatic heterocycles. The van der Waals surface area contributed by atoms with Crippen LogP contribution < -0.4 is 10.5 Å². The maximum atomic E-state index is 12.0. The third kappa shape index (κ3) is 2.95. The van der Waals surface area contributed by atoms with Crippen LogP contribution >= 0.6 is 0 Å². The van der Waals surface area contributed by atoms with Crippen molar-refractivity contribution in [2.24, 2.45) is 11.1 Å². The monoisotopic (exact) mass is 286 g/mol. The van der Waals surface area contributed by atoms with Gasteiger partial charge in [-0.1, -0.05) is 13.3 Å². The van der Waals surface area contributed by atoms with Crippen molar-refractivity contribution in [2.75, 3.05) is 6.54 Å². The molecule has 7 nitrogen and oxygen atoms in total. The van der Waals surface area contributed by atoms with E-state index in [4.69, 9.17) is 5.14 Å². The third-order valence-electron chi connectivity index (χ3n) is 3.42. The number of nitrogens with zero attached hydrogens (tertiary/aromatic N) is 1. The van der Waals surface area contributed by atoms with Gasteiger partial charge in [0.2, 0.25) is 10.0 Å². The molecule has 4 N–H and O–H groups in total. The Morgan fingerprint density at radius 1 is 1.53 bits per heavy atom. The number of rotatable bonds is 5. The third-order valence-corrected chi connectivity index (χ3v) is 4.43. The average Bonchev–Trinajstić information content (AvgIpc) is 2.69. The van der Waals surface area contributed by atoms with E-state index in [9.17, 15) is 13.2 Å². The lowest BCUT2D eigenvalue weighted by Crippen LogP contribution is -2.33. The molecule has 0 atom stereocenters. The highest BCUT2D eigenvalue weighted by molar-refractivity contribution is 7.89. The van der Waals surface area contributed by atoms with E-state index >= 15 is 0 Å². The first-order valence-corrected chi connectivity index (χ1v) is 7.86. The first-order valence-electron chi connectivity index (χ1n) is 6.31. The van der Waals surface area contributed by atoms with Gasteiger partial charge in [-0.3, -0.25) is 9.89 Å². The van der Waals surface area contributed by atoms with Crippen molar-refractivity contribution in [1.82, 2.24) is 15.5 Å². The number of amides is 1. The standard InChI is InChI=1S/C11H18N4O3S/c1-2-8-10(19(12,17)18)9(15-14-8)11(16)13-6-7-4-3-5-7/h7H,2-6H2,1H3,(H,13,16)(H,14,15)(H2,12,17,18). The summed E-state index contributed by atoms with van der Waals surface area (Å²) in [5.74, 6) is -0.00153. The van der Waals surface area contributed by atoms with Crippen LogP contribution in [0.4, 0.5) is 0 Å². The predicted molar refractivity (Wildman–Crippen MR) is 69.0 cm³/mol. The number of aryl methyl sites for hydroxylation is 1. The number of aromatic nitrogens is 2. The van der Waals surface area contributed by atoms with Gasteiger partial charge in [-0.05, 0) is 25.2 Å². The minimum Gasteiger partial charge on any atom is -0.350 e. The van der Waals surface area contributed by atoms with Crippen molar-refractivity contribution < 1.29 is 13.2 Å². The molecule has 1 aromatic rings. The average molecular weight is 286 g/mol. The van der Waals surface area contributed by atoms with Gasteiger partial charge in [-0.15, -0.1) is 0 Å². The molecule has 0 saturated heterocycles. The van der Waals surface area contributed by atoms with Crippen LogP contribution in [0.2, 0.25) is 0 Å². The number of hydrogen-bond acceptors (Lipinski definition) is 4. The largest absolute Gasteiger partial charge is 0.350 e. The maximum absolute atomic E-state index is 12.0. The molecule has 8 heteroatoms. The minimum atomic E-state index is -3.96. The Labute approximate surface area is 112 Å². The second-order valence-corrected chi connectivity index (χ2v) is 6.28. The Kier molecular flexibility index (Phi) is 3.91. The molecule has 0 radical (unpaired) electrons. The number of sulfonamides is 1. The number of nitrogens with one attached hydrogen (secondary N) is 2. The molecule has 19 heavy (non-hydrogen) atoms. The highest BCUT2D eigenvalue weighted by atomic mass is 32.2. The van der Waals surface area contributed by atoms with Crippen LogP contribution in [0.5, 0.6) is 0 Å². The molecule has 2 rings (SSSR count). The first-order chi connectivity index (χ1) is 8.93. The zero-order valence-corrected chi connectivity index (χ0v) is 11.6. The summed E-state index contributed by atoms with van der Waals surface area (Å²) in [5.41, 5.74) is 0.218. The van der Waals surface area contributed by atoms with Crippen molar-refractivity contribution in [2.45, 2.75) is 37.5 Å². The normalized spacial score (nSPS) is 16.1. The van der Waals surface area contributed by atoms with Crippen molar-refractivity contribution in [3.63, 3.8) is 0 Å². The first kappa shape index (κ1) is 14.0. The summed E-state index contributed by atoms with van der Waals surface area (Å²) in [6.45, 7) is 2.31. The number of carbonyl (C=O) groups excluding carboxylic acids is 1. The molecule has 1 saturated carbocycles. The zero-order chi connectivity index (χ0) is 14.0. The SMILES string of the molecule is CCc1[nH]nc(C(=O)NCC2CCC2)c1S(N)(=O)=O. The molecule has 106 valence electrons. The van der Waals surface area contributed by atoms with Crippen LogP contribution in [0, 0.1) is 5.92 Å². The molecule has 1 aliphatic rings. The van der Waals surface area contributed by atoms with Gasteiger partial charge in [-0.25, -0.2) is 13.6 Å². The number of primary sulfonamides is 1. The van der Waals surface area contributed by atoms with E-state index in [1.807, 2.05) is 0 Å². The van der Waals surface area contributed by atoms with Crippen LogP contribution in [0.25, 0.3) is 0 Å². The van der Waals surface area contributed by atoms with Gasteiger partial charge in [0.05, 0.1) is 5.69 Å². The highest BCUT2D eigenvalue weighted by Crippen LogP contribution is 2.25. The summed E-state index contributed by atoms with van der Waals surface area (Å²) in [5, 5.41) is 14.2. The van der Waals surface area contributed by atoms with E-state index in [2.05, 4.69) is 15.5 Å². The Bertz CT molecular complexity index is 575. The van der Waals surface area contributed by atoms with Crippen LogP contribution in [-0.4, -0.2) is 31.1 Å². The van der Waals surface area contributed by atoms with Gasteiger partial charge >= 0.3 is 0 Å². The van der Waals surface area contributed by atoms with Crippen molar-refractivity contribution in [1.29, 1.82) is 0 Å². The molecule has 1 amide bonds. The lowest BCUT2D eigenvalue weighted by atomic mass is 9.85. The fraction of sp³-hybridized carbons (Fsp3) is 0.636. The molecule has 1 heterocycles.